The maximum Gasteiger partial charge on any atom is 0.411 e. The lowest BCUT2D eigenvalue weighted by molar-refractivity contribution is -0.135. The van der Waals surface area contributed by atoms with Gasteiger partial charge in [0.1, 0.15) is 18.9 Å². The van der Waals surface area contributed by atoms with Gasteiger partial charge < -0.3 is 19.9 Å². The summed E-state index contributed by atoms with van der Waals surface area (Å²) in [4.78, 5) is 35.8. The number of fused-ring (bicyclic) bond motifs is 3. The Labute approximate surface area is 190 Å². The third kappa shape index (κ3) is 4.64. The number of methoxy groups -OCH3 is 1. The Morgan fingerprint density at radius 1 is 0.939 bits per heavy atom. The molecule has 3 aromatic carbocycles. The fourth-order valence-electron chi connectivity index (χ4n) is 3.94. The second kappa shape index (κ2) is 9.44. The van der Waals surface area contributed by atoms with E-state index in [4.69, 9.17) is 14.6 Å². The van der Waals surface area contributed by atoms with Gasteiger partial charge >= 0.3 is 12.1 Å². The molecule has 0 heterocycles. The number of nitrogens with one attached hydrogen (secondary N) is 2. The van der Waals surface area contributed by atoms with E-state index in [0.717, 1.165) is 22.3 Å². The maximum atomic E-state index is 12.6. The number of carbonyl (C=O) groups is 3. The van der Waals surface area contributed by atoms with Crippen molar-refractivity contribution in [2.24, 2.45) is 0 Å². The van der Waals surface area contributed by atoms with Crippen LogP contribution in [0.25, 0.3) is 11.1 Å². The van der Waals surface area contributed by atoms with E-state index in [-0.39, 0.29) is 23.8 Å². The fourth-order valence-corrected chi connectivity index (χ4v) is 3.94. The van der Waals surface area contributed by atoms with E-state index in [2.05, 4.69) is 10.6 Å². The summed E-state index contributed by atoms with van der Waals surface area (Å²) >= 11 is 0. The second-order valence-electron chi connectivity index (χ2n) is 7.44. The van der Waals surface area contributed by atoms with E-state index in [9.17, 15) is 14.4 Å². The topological polar surface area (TPSA) is 114 Å². The highest BCUT2D eigenvalue weighted by atomic mass is 16.5. The highest BCUT2D eigenvalue weighted by Crippen LogP contribution is 2.44. The normalized spacial score (nSPS) is 11.8. The zero-order valence-corrected chi connectivity index (χ0v) is 17.8. The Kier molecular flexibility index (Phi) is 6.26. The number of aliphatic carboxylic acids is 1. The van der Waals surface area contributed by atoms with Crippen LogP contribution in [-0.2, 0) is 9.53 Å². The Hall–Kier alpha value is -4.33. The Balaban J connectivity index is 1.49. The second-order valence-corrected chi connectivity index (χ2v) is 7.44. The van der Waals surface area contributed by atoms with Crippen LogP contribution in [0.2, 0.25) is 0 Å². The minimum Gasteiger partial charge on any atom is -0.497 e. The van der Waals surface area contributed by atoms with Crippen molar-refractivity contribution in [3.8, 4) is 16.9 Å². The Bertz CT molecular complexity index is 1180. The maximum absolute atomic E-state index is 12.6. The van der Waals surface area contributed by atoms with Crippen molar-refractivity contribution in [3.63, 3.8) is 0 Å². The van der Waals surface area contributed by atoms with Gasteiger partial charge in [0.05, 0.1) is 18.4 Å². The lowest BCUT2D eigenvalue weighted by atomic mass is 9.98. The van der Waals surface area contributed by atoms with Crippen LogP contribution in [0.4, 0.5) is 10.5 Å². The van der Waals surface area contributed by atoms with Gasteiger partial charge in [0.2, 0.25) is 0 Å². The molecule has 168 valence electrons. The van der Waals surface area contributed by atoms with E-state index in [1.807, 2.05) is 48.5 Å². The van der Waals surface area contributed by atoms with Gasteiger partial charge in [0.15, 0.2) is 0 Å². The first-order valence-electron chi connectivity index (χ1n) is 10.3. The van der Waals surface area contributed by atoms with Crippen LogP contribution in [0, 0.1) is 0 Å². The van der Waals surface area contributed by atoms with Crippen LogP contribution in [0.15, 0.2) is 66.7 Å². The molecule has 0 atom stereocenters. The first kappa shape index (κ1) is 21.9. The molecule has 0 unspecified atom stereocenters. The minimum absolute atomic E-state index is 0.0594. The third-order valence-electron chi connectivity index (χ3n) is 5.45. The van der Waals surface area contributed by atoms with E-state index in [1.165, 1.54) is 19.2 Å². The van der Waals surface area contributed by atoms with Gasteiger partial charge in [-0.2, -0.15) is 0 Å². The van der Waals surface area contributed by atoms with Crippen molar-refractivity contribution in [1.82, 2.24) is 5.32 Å². The van der Waals surface area contributed by atoms with Gasteiger partial charge in [0, 0.05) is 5.92 Å². The molecule has 1 aliphatic carbocycles. The summed E-state index contributed by atoms with van der Waals surface area (Å²) in [5, 5.41) is 13.7. The van der Waals surface area contributed by atoms with Crippen molar-refractivity contribution in [1.29, 1.82) is 0 Å². The number of hydrogen-bond acceptors (Lipinski definition) is 5. The van der Waals surface area contributed by atoms with Crippen LogP contribution in [0.3, 0.4) is 0 Å². The molecule has 3 N–H and O–H groups in total. The number of carbonyl (C=O) groups excluding carboxylic acids is 2. The number of benzene rings is 3. The van der Waals surface area contributed by atoms with Crippen LogP contribution in [0.1, 0.15) is 27.4 Å². The zero-order chi connectivity index (χ0) is 23.4. The van der Waals surface area contributed by atoms with Crippen molar-refractivity contribution in [2.75, 3.05) is 25.6 Å². The van der Waals surface area contributed by atoms with Gasteiger partial charge in [-0.05, 0) is 40.5 Å². The molecule has 0 spiro atoms. The van der Waals surface area contributed by atoms with E-state index >= 15 is 0 Å². The molecule has 8 heteroatoms. The van der Waals surface area contributed by atoms with Crippen molar-refractivity contribution >= 4 is 23.7 Å². The number of amides is 2. The van der Waals surface area contributed by atoms with E-state index in [0.29, 0.717) is 5.75 Å². The summed E-state index contributed by atoms with van der Waals surface area (Å²) in [6.07, 6.45) is -0.727. The Morgan fingerprint density at radius 2 is 1.58 bits per heavy atom. The number of rotatable bonds is 7. The van der Waals surface area contributed by atoms with Crippen LogP contribution in [-0.4, -0.2) is 43.3 Å². The highest BCUT2D eigenvalue weighted by Gasteiger charge is 2.29. The molecule has 0 radical (unpaired) electrons. The quantitative estimate of drug-likeness (QED) is 0.508. The number of anilines is 1. The van der Waals surface area contributed by atoms with Crippen molar-refractivity contribution < 1.29 is 29.0 Å². The van der Waals surface area contributed by atoms with Crippen LogP contribution >= 0.6 is 0 Å². The summed E-state index contributed by atoms with van der Waals surface area (Å²) in [5.41, 5.74) is 4.65. The smallest absolute Gasteiger partial charge is 0.411 e. The highest BCUT2D eigenvalue weighted by molar-refractivity contribution is 6.03. The molecule has 0 fully saturated rings. The number of hydrogen-bond donors (Lipinski definition) is 3. The summed E-state index contributed by atoms with van der Waals surface area (Å²) in [5.74, 6) is -1.56. The fraction of sp³-hybridized carbons (Fsp3) is 0.160. The van der Waals surface area contributed by atoms with E-state index < -0.39 is 24.5 Å². The van der Waals surface area contributed by atoms with Crippen LogP contribution in [0.5, 0.6) is 5.75 Å². The Morgan fingerprint density at radius 3 is 2.18 bits per heavy atom. The molecule has 0 aromatic heterocycles. The molecule has 2 amide bonds. The summed E-state index contributed by atoms with van der Waals surface area (Å²) in [7, 11) is 1.44. The van der Waals surface area contributed by atoms with E-state index in [1.54, 1.807) is 6.07 Å². The molecule has 33 heavy (non-hydrogen) atoms. The number of carboxylic acid groups (broad SMARTS) is 1. The zero-order valence-electron chi connectivity index (χ0n) is 17.8. The van der Waals surface area contributed by atoms with Gasteiger partial charge in [-0.25, -0.2) is 4.79 Å². The lowest BCUT2D eigenvalue weighted by Gasteiger charge is -2.16. The minimum atomic E-state index is -1.18. The first-order chi connectivity index (χ1) is 16.0. The molecule has 0 saturated heterocycles. The summed E-state index contributed by atoms with van der Waals surface area (Å²) in [6.45, 7) is -0.434. The molecule has 0 bridgehead atoms. The number of carboxylic acids is 1. The molecule has 3 aromatic rings. The van der Waals surface area contributed by atoms with Gasteiger partial charge in [-0.3, -0.25) is 14.9 Å². The predicted octanol–water partition coefficient (Wildman–Crippen LogP) is 3.87. The van der Waals surface area contributed by atoms with Gasteiger partial charge in [0.25, 0.3) is 5.91 Å². The van der Waals surface area contributed by atoms with Crippen molar-refractivity contribution in [2.45, 2.75) is 5.92 Å². The van der Waals surface area contributed by atoms with Gasteiger partial charge in [-0.15, -0.1) is 0 Å². The summed E-state index contributed by atoms with van der Waals surface area (Å²) < 4.78 is 10.7. The molecule has 4 rings (SSSR count). The molecule has 8 nitrogen and oxygen atoms in total. The molecule has 1 aliphatic rings. The standard InChI is InChI=1S/C25H22N2O6/c1-32-15-10-11-22(20(12-15)24(30)26-13-23(28)29)27-25(31)33-14-21-18-8-4-2-6-16(18)17-7-3-5-9-19(17)21/h2-12,21H,13-14H2,1H3,(H,26,30)(H,27,31)(H,28,29). The summed E-state index contributed by atoms with van der Waals surface area (Å²) in [6, 6.07) is 20.5. The average molecular weight is 446 g/mol. The third-order valence-corrected chi connectivity index (χ3v) is 5.45. The monoisotopic (exact) mass is 446 g/mol. The predicted molar refractivity (Wildman–Crippen MR) is 122 cm³/mol. The molecule has 0 saturated carbocycles. The molecular formula is C25H22N2O6. The van der Waals surface area contributed by atoms with Crippen LogP contribution < -0.4 is 15.4 Å². The van der Waals surface area contributed by atoms with Gasteiger partial charge in [-0.1, -0.05) is 48.5 Å². The SMILES string of the molecule is COc1ccc(NC(=O)OCC2c3ccccc3-c3ccccc32)c(C(=O)NCC(=O)O)c1. The average Bonchev–Trinajstić information content (AvgIpc) is 3.15. The molecule has 0 aliphatic heterocycles. The lowest BCUT2D eigenvalue weighted by Crippen LogP contribution is -2.30. The number of ether oxygens (including phenoxy) is 2. The largest absolute Gasteiger partial charge is 0.497 e. The first-order valence-corrected chi connectivity index (χ1v) is 10.3. The van der Waals surface area contributed by atoms with Crippen molar-refractivity contribution in [3.05, 3.63) is 83.4 Å². The molecular weight excluding hydrogens is 424 g/mol.